The molecule has 2 aromatic rings. The lowest BCUT2D eigenvalue weighted by molar-refractivity contribution is 0.0723. The highest BCUT2D eigenvalue weighted by molar-refractivity contribution is 7.99. The third-order valence-electron chi connectivity index (χ3n) is 5.61. The van der Waals surface area contributed by atoms with Crippen LogP contribution in [-0.2, 0) is 7.05 Å². The summed E-state index contributed by atoms with van der Waals surface area (Å²) in [6.45, 7) is 1.43. The minimum atomic E-state index is -0.283. The summed E-state index contributed by atoms with van der Waals surface area (Å²) >= 11 is 1.97. The summed E-state index contributed by atoms with van der Waals surface area (Å²) in [6.07, 6.45) is 2.63. The van der Waals surface area contributed by atoms with Gasteiger partial charge < -0.3 is 19.5 Å². The maximum Gasteiger partial charge on any atom is 0.253 e. The van der Waals surface area contributed by atoms with Gasteiger partial charge in [-0.25, -0.2) is 4.98 Å². The molecule has 4 rings (SSSR count). The summed E-state index contributed by atoms with van der Waals surface area (Å²) in [5, 5.41) is 9.80. The van der Waals surface area contributed by atoms with Crippen LogP contribution in [0.3, 0.4) is 0 Å². The number of aryl methyl sites for hydroxylation is 1. The zero-order chi connectivity index (χ0) is 18.3. The van der Waals surface area contributed by atoms with Crippen molar-refractivity contribution in [3.05, 3.63) is 23.8 Å². The Hall–Kier alpha value is -1.73. The Morgan fingerprint density at radius 3 is 2.77 bits per heavy atom. The van der Waals surface area contributed by atoms with Gasteiger partial charge in [-0.05, 0) is 49.0 Å². The van der Waals surface area contributed by atoms with Crippen LogP contribution >= 0.6 is 11.8 Å². The number of β-amino-alcohol motifs (C(OH)–C–C–N with tert-alkyl or cyclic N) is 1. The number of nitrogens with zero attached hydrogens (tertiary/aromatic N) is 4. The topological polar surface area (TPSA) is 61.6 Å². The number of fused-ring (bicyclic) bond motifs is 1. The van der Waals surface area contributed by atoms with E-state index in [1.165, 1.54) is 0 Å². The molecule has 1 amide bonds. The second kappa shape index (κ2) is 7.12. The van der Waals surface area contributed by atoms with Gasteiger partial charge in [-0.3, -0.25) is 4.79 Å². The van der Waals surface area contributed by atoms with Gasteiger partial charge in [0.1, 0.15) is 0 Å². The number of aliphatic hydroxyl groups is 1. The third-order valence-corrected chi connectivity index (χ3v) is 6.66. The molecule has 2 aliphatic rings. The Morgan fingerprint density at radius 2 is 2.08 bits per heavy atom. The first-order valence-electron chi connectivity index (χ1n) is 9.29. The van der Waals surface area contributed by atoms with E-state index in [9.17, 15) is 9.90 Å². The normalized spacial score (nSPS) is 21.5. The second-order valence-electron chi connectivity index (χ2n) is 7.32. The number of aromatic nitrogens is 2. The quantitative estimate of drug-likeness (QED) is 0.892. The second-order valence-corrected chi connectivity index (χ2v) is 8.55. The van der Waals surface area contributed by atoms with E-state index < -0.39 is 0 Å². The lowest BCUT2D eigenvalue weighted by Crippen LogP contribution is -2.39. The Kier molecular flexibility index (Phi) is 4.84. The summed E-state index contributed by atoms with van der Waals surface area (Å²) in [6, 6.07) is 6.13. The fourth-order valence-electron chi connectivity index (χ4n) is 3.97. The fourth-order valence-corrected chi connectivity index (χ4v) is 5.05. The number of hydrogen-bond acceptors (Lipinski definition) is 5. The number of carbonyl (C=O) groups is 1. The summed E-state index contributed by atoms with van der Waals surface area (Å²) in [5.41, 5.74) is 2.54. The number of aliphatic hydroxyl groups excluding tert-OH is 1. The average Bonchev–Trinajstić information content (AvgIpc) is 3.24. The van der Waals surface area contributed by atoms with E-state index >= 15 is 0 Å². The van der Waals surface area contributed by atoms with Gasteiger partial charge in [0.25, 0.3) is 5.91 Å². The molecule has 0 unspecified atom stereocenters. The van der Waals surface area contributed by atoms with Crippen LogP contribution in [0, 0.1) is 0 Å². The molecule has 2 saturated heterocycles. The van der Waals surface area contributed by atoms with E-state index in [2.05, 4.69) is 4.90 Å². The van der Waals surface area contributed by atoms with Gasteiger partial charge in [0.2, 0.25) is 5.95 Å². The van der Waals surface area contributed by atoms with Crippen LogP contribution in [-0.4, -0.2) is 69.3 Å². The standard InChI is InChI=1S/C19H26N4O2S/c1-21(14-6-9-26-10-7-14)18(25)13-3-4-17-16(11-13)20-19(22(17)2)23-8-5-15(24)12-23/h3-4,11,14-15,24H,5-10,12H2,1-2H3/t15-/m0/s1. The van der Waals surface area contributed by atoms with Gasteiger partial charge in [0, 0.05) is 38.8 Å². The van der Waals surface area contributed by atoms with Crippen LogP contribution in [0.1, 0.15) is 29.6 Å². The molecule has 0 bridgehead atoms. The van der Waals surface area contributed by atoms with E-state index in [0.29, 0.717) is 18.2 Å². The lowest BCUT2D eigenvalue weighted by Gasteiger charge is -2.31. The summed E-state index contributed by atoms with van der Waals surface area (Å²) < 4.78 is 2.05. The van der Waals surface area contributed by atoms with Gasteiger partial charge in [0.05, 0.1) is 17.1 Å². The van der Waals surface area contributed by atoms with Crippen LogP contribution < -0.4 is 4.90 Å². The van der Waals surface area contributed by atoms with Crippen LogP contribution in [0.15, 0.2) is 18.2 Å². The molecule has 0 radical (unpaired) electrons. The maximum absolute atomic E-state index is 12.9. The number of anilines is 1. The molecule has 1 N–H and O–H groups in total. The van der Waals surface area contributed by atoms with E-state index in [1.807, 2.05) is 53.5 Å². The lowest BCUT2D eigenvalue weighted by atomic mass is 10.1. The first-order chi connectivity index (χ1) is 12.5. The average molecular weight is 375 g/mol. The van der Waals surface area contributed by atoms with Gasteiger partial charge in [-0.1, -0.05) is 0 Å². The number of benzene rings is 1. The first-order valence-corrected chi connectivity index (χ1v) is 10.4. The molecule has 6 nitrogen and oxygen atoms in total. The van der Waals surface area contributed by atoms with Gasteiger partial charge >= 0.3 is 0 Å². The highest BCUT2D eigenvalue weighted by Crippen LogP contribution is 2.27. The van der Waals surface area contributed by atoms with Crippen molar-refractivity contribution in [1.82, 2.24) is 14.5 Å². The first kappa shape index (κ1) is 17.7. The molecule has 1 aromatic heterocycles. The molecule has 0 spiro atoms. The molecule has 3 heterocycles. The van der Waals surface area contributed by atoms with Crippen molar-refractivity contribution in [2.75, 3.05) is 36.5 Å². The number of hydrogen-bond donors (Lipinski definition) is 1. The van der Waals surface area contributed by atoms with Gasteiger partial charge in [-0.15, -0.1) is 0 Å². The van der Waals surface area contributed by atoms with Gasteiger partial charge in [0.15, 0.2) is 0 Å². The van der Waals surface area contributed by atoms with Crippen LogP contribution in [0.5, 0.6) is 0 Å². The molecule has 7 heteroatoms. The van der Waals surface area contributed by atoms with Crippen LogP contribution in [0.25, 0.3) is 11.0 Å². The van der Waals surface area contributed by atoms with Crippen molar-refractivity contribution in [3.8, 4) is 0 Å². The molecule has 26 heavy (non-hydrogen) atoms. The predicted octanol–water partition coefficient (Wildman–Crippen LogP) is 2.11. The minimum Gasteiger partial charge on any atom is -0.391 e. The Bertz CT molecular complexity index is 815. The molecule has 140 valence electrons. The van der Waals surface area contributed by atoms with E-state index in [4.69, 9.17) is 4.98 Å². The van der Waals surface area contributed by atoms with E-state index in [0.717, 1.165) is 54.3 Å². The van der Waals surface area contributed by atoms with Crippen molar-refractivity contribution in [2.45, 2.75) is 31.4 Å². The summed E-state index contributed by atoms with van der Waals surface area (Å²) in [4.78, 5) is 21.7. The molecule has 2 aliphatic heterocycles. The zero-order valence-corrected chi connectivity index (χ0v) is 16.2. The van der Waals surface area contributed by atoms with Crippen molar-refractivity contribution in [3.63, 3.8) is 0 Å². The number of imidazole rings is 1. The smallest absolute Gasteiger partial charge is 0.253 e. The molecule has 1 atom stereocenters. The zero-order valence-electron chi connectivity index (χ0n) is 15.4. The molecule has 0 aliphatic carbocycles. The SMILES string of the molecule is CN(C(=O)c1ccc2c(c1)nc(N1CC[C@H](O)C1)n2C)C1CCSCC1. The highest BCUT2D eigenvalue weighted by atomic mass is 32.2. The monoisotopic (exact) mass is 374 g/mol. The molecule has 0 saturated carbocycles. The van der Waals surface area contributed by atoms with Crippen molar-refractivity contribution >= 4 is 34.7 Å². The van der Waals surface area contributed by atoms with Gasteiger partial charge in [-0.2, -0.15) is 11.8 Å². The Balaban J connectivity index is 1.60. The number of thioether (sulfide) groups is 1. The summed E-state index contributed by atoms with van der Waals surface area (Å²) in [7, 11) is 3.91. The Morgan fingerprint density at radius 1 is 1.31 bits per heavy atom. The largest absolute Gasteiger partial charge is 0.391 e. The van der Waals surface area contributed by atoms with Crippen LogP contribution in [0.4, 0.5) is 5.95 Å². The highest BCUT2D eigenvalue weighted by Gasteiger charge is 2.26. The maximum atomic E-state index is 12.9. The molecule has 2 fully saturated rings. The third kappa shape index (κ3) is 3.18. The predicted molar refractivity (Wildman–Crippen MR) is 106 cm³/mol. The van der Waals surface area contributed by atoms with E-state index in [1.54, 1.807) is 0 Å². The number of rotatable bonds is 3. The number of amides is 1. The fraction of sp³-hybridized carbons (Fsp3) is 0.579. The van der Waals surface area contributed by atoms with Crippen molar-refractivity contribution < 1.29 is 9.90 Å². The molecular formula is C19H26N4O2S. The Labute approximate surface area is 158 Å². The molecule has 1 aromatic carbocycles. The van der Waals surface area contributed by atoms with E-state index in [-0.39, 0.29) is 12.0 Å². The summed E-state index contributed by atoms with van der Waals surface area (Å²) in [5.74, 6) is 3.20. The number of carbonyl (C=O) groups excluding carboxylic acids is 1. The van der Waals surface area contributed by atoms with Crippen molar-refractivity contribution in [1.29, 1.82) is 0 Å². The molecular weight excluding hydrogens is 348 g/mol. The van der Waals surface area contributed by atoms with Crippen LogP contribution in [0.2, 0.25) is 0 Å². The van der Waals surface area contributed by atoms with Crippen molar-refractivity contribution in [2.24, 2.45) is 7.05 Å². The minimum absolute atomic E-state index is 0.0765.